The number of likely N-dealkylation sites (N-methyl/N-ethyl adjacent to an activating group) is 1. The average Bonchev–Trinajstić information content (AvgIpc) is 1.83. The van der Waals surface area contributed by atoms with Crippen molar-refractivity contribution in [1.82, 2.24) is 10.2 Å². The van der Waals surface area contributed by atoms with Gasteiger partial charge in [-0.1, -0.05) is 13.8 Å². The third-order valence-corrected chi connectivity index (χ3v) is 2.19. The van der Waals surface area contributed by atoms with E-state index in [1.807, 2.05) is 0 Å². The summed E-state index contributed by atoms with van der Waals surface area (Å²) in [7, 11) is 0. The molecule has 1 N–H and O–H groups in total. The smallest absolute Gasteiger partial charge is 0.0345 e. The molecule has 1 aliphatic rings. The van der Waals surface area contributed by atoms with E-state index < -0.39 is 0 Å². The van der Waals surface area contributed by atoms with Crippen LogP contribution in [-0.2, 0) is 0 Å². The van der Waals surface area contributed by atoms with Crippen LogP contribution in [0.25, 0.3) is 0 Å². The molecule has 0 saturated carbocycles. The molecule has 1 heterocycles. The van der Waals surface area contributed by atoms with Gasteiger partial charge in [0.25, 0.3) is 0 Å². The molecule has 1 rings (SSSR count). The zero-order valence-electron chi connectivity index (χ0n) is 7.06. The zero-order chi connectivity index (χ0) is 7.40. The van der Waals surface area contributed by atoms with Crippen LogP contribution in [0.15, 0.2) is 0 Å². The predicted octanol–water partition coefficient (Wildman–Crippen LogP) is 0.690. The molecule has 0 spiro atoms. The van der Waals surface area contributed by atoms with Crippen LogP contribution in [0.2, 0.25) is 0 Å². The molecule has 0 aromatic carbocycles. The first-order chi connectivity index (χ1) is 4.88. The highest BCUT2D eigenvalue weighted by molar-refractivity contribution is 4.83. The number of nitrogens with zero attached hydrogens (tertiary/aromatic N) is 1. The maximum atomic E-state index is 3.29. The van der Waals surface area contributed by atoms with Gasteiger partial charge in [0.05, 0.1) is 0 Å². The Hall–Kier alpha value is -0.0800. The van der Waals surface area contributed by atoms with Crippen LogP contribution in [0.1, 0.15) is 20.3 Å². The Balaban J connectivity index is 2.17. The molecular formula is C8H18N2. The fourth-order valence-electron chi connectivity index (χ4n) is 1.42. The number of nitrogens with one attached hydrogen (secondary N) is 1. The molecule has 0 bridgehead atoms. The van der Waals surface area contributed by atoms with E-state index >= 15 is 0 Å². The molecule has 0 aliphatic carbocycles. The minimum absolute atomic E-state index is 0.838. The summed E-state index contributed by atoms with van der Waals surface area (Å²) in [4.78, 5) is 2.55. The second-order valence-electron chi connectivity index (χ2n) is 2.94. The molecule has 0 amide bonds. The van der Waals surface area contributed by atoms with Crippen molar-refractivity contribution >= 4 is 0 Å². The van der Waals surface area contributed by atoms with Crippen molar-refractivity contribution in [2.45, 2.75) is 26.3 Å². The Morgan fingerprint density at radius 1 is 1.40 bits per heavy atom. The molecule has 0 atom stereocenters. The first-order valence-corrected chi connectivity index (χ1v) is 4.33. The quantitative estimate of drug-likeness (QED) is 0.621. The Morgan fingerprint density at radius 2 is 2.10 bits per heavy atom. The number of hydrogen-bond donors (Lipinski definition) is 1. The molecule has 0 radical (unpaired) electrons. The minimum Gasteiger partial charge on any atom is -0.314 e. The highest BCUT2D eigenvalue weighted by Gasteiger charge is 2.21. The Morgan fingerprint density at radius 3 is 2.40 bits per heavy atom. The Bertz CT molecular complexity index is 89.3. The minimum atomic E-state index is 0.838. The van der Waals surface area contributed by atoms with E-state index in [1.54, 1.807) is 0 Å². The van der Waals surface area contributed by atoms with Crippen molar-refractivity contribution in [3.05, 3.63) is 0 Å². The molecule has 0 aromatic rings. The lowest BCUT2D eigenvalue weighted by atomic mass is 10.1. The second-order valence-corrected chi connectivity index (χ2v) is 2.94. The molecular weight excluding hydrogens is 124 g/mol. The molecule has 0 aromatic heterocycles. The largest absolute Gasteiger partial charge is 0.314 e. The number of hydrogen-bond acceptors (Lipinski definition) is 2. The topological polar surface area (TPSA) is 15.3 Å². The second kappa shape index (κ2) is 3.94. The lowest BCUT2D eigenvalue weighted by molar-refractivity contribution is 0.153. The van der Waals surface area contributed by atoms with Crippen molar-refractivity contribution in [1.29, 1.82) is 0 Å². The third kappa shape index (κ3) is 1.70. The molecule has 60 valence electrons. The molecule has 1 saturated heterocycles. The molecule has 0 unspecified atom stereocenters. The predicted molar refractivity (Wildman–Crippen MR) is 44.2 cm³/mol. The van der Waals surface area contributed by atoms with Crippen LogP contribution >= 0.6 is 0 Å². The van der Waals surface area contributed by atoms with Crippen LogP contribution in [-0.4, -0.2) is 37.1 Å². The standard InChI is InChI=1S/C8H18N2/c1-3-5-10(4-2)8-6-9-7-8/h8-9H,3-7H2,1-2H3. The third-order valence-electron chi connectivity index (χ3n) is 2.19. The first kappa shape index (κ1) is 8.02. The van der Waals surface area contributed by atoms with E-state index in [0.29, 0.717) is 0 Å². The lowest BCUT2D eigenvalue weighted by Crippen LogP contribution is -2.57. The summed E-state index contributed by atoms with van der Waals surface area (Å²) in [6.07, 6.45) is 1.28. The first-order valence-electron chi connectivity index (χ1n) is 4.33. The number of rotatable bonds is 4. The van der Waals surface area contributed by atoms with Crippen LogP contribution in [0, 0.1) is 0 Å². The highest BCUT2D eigenvalue weighted by atomic mass is 15.2. The van der Waals surface area contributed by atoms with Crippen molar-refractivity contribution < 1.29 is 0 Å². The van der Waals surface area contributed by atoms with Crippen LogP contribution < -0.4 is 5.32 Å². The van der Waals surface area contributed by atoms with Gasteiger partial charge in [-0.15, -0.1) is 0 Å². The molecule has 1 aliphatic heterocycles. The monoisotopic (exact) mass is 142 g/mol. The van der Waals surface area contributed by atoms with E-state index in [2.05, 4.69) is 24.1 Å². The van der Waals surface area contributed by atoms with Crippen molar-refractivity contribution in [3.63, 3.8) is 0 Å². The maximum absolute atomic E-state index is 3.29. The van der Waals surface area contributed by atoms with E-state index in [0.717, 1.165) is 6.04 Å². The van der Waals surface area contributed by atoms with E-state index in [-0.39, 0.29) is 0 Å². The fraction of sp³-hybridized carbons (Fsp3) is 1.00. The van der Waals surface area contributed by atoms with Gasteiger partial charge in [0, 0.05) is 19.1 Å². The molecule has 10 heavy (non-hydrogen) atoms. The molecule has 2 nitrogen and oxygen atoms in total. The van der Waals surface area contributed by atoms with Crippen molar-refractivity contribution in [2.75, 3.05) is 26.2 Å². The summed E-state index contributed by atoms with van der Waals surface area (Å²) in [6, 6.07) is 0.838. The summed E-state index contributed by atoms with van der Waals surface area (Å²) in [6.45, 7) is 9.37. The van der Waals surface area contributed by atoms with E-state index in [9.17, 15) is 0 Å². The van der Waals surface area contributed by atoms with Gasteiger partial charge in [-0.2, -0.15) is 0 Å². The summed E-state index contributed by atoms with van der Waals surface area (Å²) in [5.74, 6) is 0. The highest BCUT2D eigenvalue weighted by Crippen LogP contribution is 2.04. The summed E-state index contributed by atoms with van der Waals surface area (Å²) in [5, 5.41) is 3.29. The lowest BCUT2D eigenvalue weighted by Gasteiger charge is -2.37. The Kier molecular flexibility index (Phi) is 3.16. The van der Waals surface area contributed by atoms with Crippen molar-refractivity contribution in [3.8, 4) is 0 Å². The summed E-state index contributed by atoms with van der Waals surface area (Å²) >= 11 is 0. The average molecular weight is 142 g/mol. The van der Waals surface area contributed by atoms with Gasteiger partial charge >= 0.3 is 0 Å². The van der Waals surface area contributed by atoms with Crippen molar-refractivity contribution in [2.24, 2.45) is 0 Å². The fourth-order valence-corrected chi connectivity index (χ4v) is 1.42. The van der Waals surface area contributed by atoms with Gasteiger partial charge in [-0.25, -0.2) is 0 Å². The Labute approximate surface area is 63.6 Å². The van der Waals surface area contributed by atoms with Crippen LogP contribution in [0.4, 0.5) is 0 Å². The van der Waals surface area contributed by atoms with Gasteiger partial charge in [0.2, 0.25) is 0 Å². The SMILES string of the molecule is CCCN(CC)C1CNC1. The van der Waals surface area contributed by atoms with E-state index in [4.69, 9.17) is 0 Å². The summed E-state index contributed by atoms with van der Waals surface area (Å²) < 4.78 is 0. The summed E-state index contributed by atoms with van der Waals surface area (Å²) in [5.41, 5.74) is 0. The normalized spacial score (nSPS) is 19.5. The zero-order valence-corrected chi connectivity index (χ0v) is 7.06. The van der Waals surface area contributed by atoms with E-state index in [1.165, 1.54) is 32.6 Å². The molecule has 2 heteroatoms. The van der Waals surface area contributed by atoms with Gasteiger partial charge in [0.15, 0.2) is 0 Å². The van der Waals surface area contributed by atoms with Gasteiger partial charge < -0.3 is 5.32 Å². The van der Waals surface area contributed by atoms with Gasteiger partial charge in [-0.3, -0.25) is 4.90 Å². The molecule has 1 fully saturated rings. The van der Waals surface area contributed by atoms with Gasteiger partial charge in [-0.05, 0) is 19.5 Å². The maximum Gasteiger partial charge on any atom is 0.0345 e. The van der Waals surface area contributed by atoms with Gasteiger partial charge in [0.1, 0.15) is 0 Å². The van der Waals surface area contributed by atoms with Crippen LogP contribution in [0.5, 0.6) is 0 Å². The van der Waals surface area contributed by atoms with Crippen LogP contribution in [0.3, 0.4) is 0 Å².